The van der Waals surface area contributed by atoms with E-state index in [2.05, 4.69) is 30.8 Å². The number of aromatic nitrogens is 3. The van der Waals surface area contributed by atoms with Gasteiger partial charge in [0, 0.05) is 30.9 Å². The molecule has 12 heteroatoms. The number of carboxylic acid groups (broad SMARTS) is 1. The van der Waals surface area contributed by atoms with Crippen LogP contribution in [0.1, 0.15) is 23.2 Å². The first-order valence-electron chi connectivity index (χ1n) is 12.3. The van der Waals surface area contributed by atoms with Gasteiger partial charge in [-0.3, -0.25) is 4.79 Å². The normalized spacial score (nSPS) is 15.1. The Hall–Kier alpha value is -3.67. The van der Waals surface area contributed by atoms with E-state index in [1.54, 1.807) is 41.2 Å². The molecule has 5 rings (SSSR count). The van der Waals surface area contributed by atoms with E-state index < -0.39 is 11.4 Å². The number of hydrogen-bond acceptors (Lipinski definition) is 8. The number of anilines is 1. The summed E-state index contributed by atoms with van der Waals surface area (Å²) in [5.74, 6) is -0.403. The van der Waals surface area contributed by atoms with Crippen molar-refractivity contribution in [3.63, 3.8) is 0 Å². The van der Waals surface area contributed by atoms with Crippen LogP contribution in [0.5, 0.6) is 11.6 Å². The van der Waals surface area contributed by atoms with Gasteiger partial charge in [-0.15, -0.1) is 0 Å². The van der Waals surface area contributed by atoms with Gasteiger partial charge in [0.25, 0.3) is 5.88 Å². The van der Waals surface area contributed by atoms with E-state index >= 15 is 0 Å². The lowest BCUT2D eigenvalue weighted by Crippen LogP contribution is -2.34. The molecule has 3 N–H and O–H groups in total. The quantitative estimate of drug-likeness (QED) is 0.265. The van der Waals surface area contributed by atoms with Gasteiger partial charge in [-0.25, -0.2) is 14.8 Å². The summed E-state index contributed by atoms with van der Waals surface area (Å²) in [5, 5.41) is 10.2. The zero-order valence-corrected chi connectivity index (χ0v) is 23.1. The minimum absolute atomic E-state index is 0.0165. The number of carbonyl (C=O) groups is 1. The monoisotopic (exact) mass is 613 g/mol. The number of ether oxygens (including phenoxy) is 2. The highest BCUT2D eigenvalue weighted by molar-refractivity contribution is 9.10. The van der Waals surface area contributed by atoms with Crippen molar-refractivity contribution < 1.29 is 19.4 Å². The van der Waals surface area contributed by atoms with Crippen molar-refractivity contribution in [2.45, 2.75) is 18.9 Å². The number of hydrogen-bond donors (Lipinski definition) is 2. The maximum absolute atomic E-state index is 13.1. The fraction of sp³-hybridized carbons (Fsp3) is 0.259. The maximum atomic E-state index is 13.1. The standard InChI is InChI=1S/C27H25BrClN5O5/c28-24-6-5-16(13-32-24)34-14-19(27(36)37)25(35)18-11-20(29)22(12-21(18)34)33-9-2-3-17(33)15-39-26-23(38-10-7-30)4-1-8-31-26/h1,4-6,8,11-14,17H,2-3,7,9-10,15,30H2,(H,36,37). The zero-order chi connectivity index (χ0) is 27.5. The summed E-state index contributed by atoms with van der Waals surface area (Å²) in [6, 6.07) is 10.4. The molecule has 1 saturated heterocycles. The maximum Gasteiger partial charge on any atom is 0.341 e. The summed E-state index contributed by atoms with van der Waals surface area (Å²) >= 11 is 10.0. The van der Waals surface area contributed by atoms with E-state index in [0.29, 0.717) is 52.2 Å². The Morgan fingerprint density at radius 3 is 2.82 bits per heavy atom. The summed E-state index contributed by atoms with van der Waals surface area (Å²) in [6.45, 7) is 1.80. The molecule has 1 aromatic carbocycles. The van der Waals surface area contributed by atoms with Crippen LogP contribution < -0.4 is 25.5 Å². The Labute approximate surface area is 237 Å². The van der Waals surface area contributed by atoms with Gasteiger partial charge >= 0.3 is 5.97 Å². The Kier molecular flexibility index (Phi) is 8.01. The fourth-order valence-corrected chi connectivity index (χ4v) is 5.20. The third kappa shape index (κ3) is 5.56. The summed E-state index contributed by atoms with van der Waals surface area (Å²) in [7, 11) is 0. The van der Waals surface area contributed by atoms with Crippen LogP contribution in [0, 0.1) is 0 Å². The number of halogens is 2. The number of nitrogens with zero attached hydrogens (tertiary/aromatic N) is 4. The van der Waals surface area contributed by atoms with Gasteiger partial charge in [0.2, 0.25) is 5.43 Å². The molecule has 1 aliphatic heterocycles. The molecular weight excluding hydrogens is 590 g/mol. The van der Waals surface area contributed by atoms with Gasteiger partial charge in [-0.05, 0) is 65.2 Å². The Morgan fingerprint density at radius 2 is 2.08 bits per heavy atom. The highest BCUT2D eigenvalue weighted by Crippen LogP contribution is 2.36. The van der Waals surface area contributed by atoms with E-state index in [1.165, 1.54) is 12.3 Å². The molecule has 4 heterocycles. The molecule has 0 spiro atoms. The highest BCUT2D eigenvalue weighted by Gasteiger charge is 2.29. The first kappa shape index (κ1) is 26.9. The fourth-order valence-electron chi connectivity index (χ4n) is 4.70. The summed E-state index contributed by atoms with van der Waals surface area (Å²) in [5.41, 5.74) is 6.43. The van der Waals surface area contributed by atoms with E-state index in [0.717, 1.165) is 25.1 Å². The van der Waals surface area contributed by atoms with Crippen molar-refractivity contribution in [1.29, 1.82) is 0 Å². The van der Waals surface area contributed by atoms with Crippen molar-refractivity contribution in [2.24, 2.45) is 5.73 Å². The summed E-state index contributed by atoms with van der Waals surface area (Å²) in [4.78, 5) is 35.7. The van der Waals surface area contributed by atoms with Crippen molar-refractivity contribution >= 4 is 50.1 Å². The second kappa shape index (κ2) is 11.6. The van der Waals surface area contributed by atoms with Crippen LogP contribution in [0.25, 0.3) is 16.6 Å². The third-order valence-electron chi connectivity index (χ3n) is 6.50. The molecule has 3 aromatic heterocycles. The summed E-state index contributed by atoms with van der Waals surface area (Å²) < 4.78 is 14.0. The predicted octanol–water partition coefficient (Wildman–Crippen LogP) is 4.28. The Morgan fingerprint density at radius 1 is 1.23 bits per heavy atom. The summed E-state index contributed by atoms with van der Waals surface area (Å²) in [6.07, 6.45) is 6.34. The largest absolute Gasteiger partial charge is 0.487 e. The van der Waals surface area contributed by atoms with Crippen LogP contribution in [0.2, 0.25) is 5.02 Å². The molecule has 10 nitrogen and oxygen atoms in total. The van der Waals surface area contributed by atoms with E-state index in [9.17, 15) is 14.7 Å². The van der Waals surface area contributed by atoms with Crippen LogP contribution >= 0.6 is 27.5 Å². The molecular formula is C27H25BrClN5O5. The number of rotatable bonds is 9. The number of benzene rings is 1. The van der Waals surface area contributed by atoms with Gasteiger partial charge in [-0.1, -0.05) is 11.6 Å². The molecule has 0 saturated carbocycles. The average Bonchev–Trinajstić information content (AvgIpc) is 3.40. The Balaban J connectivity index is 1.53. The molecule has 1 fully saturated rings. The minimum atomic E-state index is -1.32. The smallest absolute Gasteiger partial charge is 0.341 e. The molecule has 0 amide bonds. The third-order valence-corrected chi connectivity index (χ3v) is 7.27. The number of carboxylic acids is 1. The van der Waals surface area contributed by atoms with Crippen LogP contribution in [0.4, 0.5) is 5.69 Å². The first-order chi connectivity index (χ1) is 18.9. The number of fused-ring (bicyclic) bond motifs is 1. The first-order valence-corrected chi connectivity index (χ1v) is 13.5. The number of pyridine rings is 3. The molecule has 1 aliphatic rings. The van der Waals surface area contributed by atoms with Gasteiger partial charge in [0.15, 0.2) is 5.75 Å². The van der Waals surface area contributed by atoms with Crippen LogP contribution in [-0.4, -0.2) is 58.0 Å². The second-order valence-corrected chi connectivity index (χ2v) is 10.2. The van der Waals surface area contributed by atoms with E-state index in [4.69, 9.17) is 26.8 Å². The second-order valence-electron chi connectivity index (χ2n) is 8.95. The van der Waals surface area contributed by atoms with Crippen molar-refractivity contribution in [3.05, 3.63) is 80.4 Å². The lowest BCUT2D eigenvalue weighted by atomic mass is 10.1. The molecule has 39 heavy (non-hydrogen) atoms. The average molecular weight is 615 g/mol. The Bertz CT molecular complexity index is 1580. The van der Waals surface area contributed by atoms with Gasteiger partial charge in [0.05, 0.1) is 34.2 Å². The van der Waals surface area contributed by atoms with E-state index in [-0.39, 0.29) is 17.0 Å². The number of nitrogens with two attached hydrogens (primary N) is 1. The highest BCUT2D eigenvalue weighted by atomic mass is 79.9. The van der Waals surface area contributed by atoms with E-state index in [1.807, 2.05) is 6.07 Å². The zero-order valence-electron chi connectivity index (χ0n) is 20.7. The van der Waals surface area contributed by atoms with Gasteiger partial charge < -0.3 is 29.8 Å². The topological polar surface area (TPSA) is 133 Å². The number of aromatic carboxylic acids is 1. The SMILES string of the molecule is NCCOc1cccnc1OCC1CCCN1c1cc2c(cc1Cl)c(=O)c(C(=O)O)cn2-c1ccc(Br)nc1. The molecule has 0 radical (unpaired) electrons. The molecule has 0 aliphatic carbocycles. The molecule has 0 bridgehead atoms. The van der Waals surface area contributed by atoms with Gasteiger partial charge in [-0.2, -0.15) is 0 Å². The molecule has 4 aromatic rings. The molecule has 1 atom stereocenters. The van der Waals surface area contributed by atoms with Crippen LogP contribution in [0.3, 0.4) is 0 Å². The van der Waals surface area contributed by atoms with Crippen LogP contribution in [-0.2, 0) is 0 Å². The van der Waals surface area contributed by atoms with Crippen molar-refractivity contribution in [3.8, 4) is 17.3 Å². The lowest BCUT2D eigenvalue weighted by Gasteiger charge is -2.28. The van der Waals surface area contributed by atoms with Gasteiger partial charge in [0.1, 0.15) is 23.4 Å². The van der Waals surface area contributed by atoms with Crippen LogP contribution in [0.15, 0.2) is 64.4 Å². The minimum Gasteiger partial charge on any atom is -0.487 e. The van der Waals surface area contributed by atoms with Crippen molar-refractivity contribution in [1.82, 2.24) is 14.5 Å². The predicted molar refractivity (Wildman–Crippen MR) is 152 cm³/mol. The lowest BCUT2D eigenvalue weighted by molar-refractivity contribution is 0.0695. The molecule has 1 unspecified atom stereocenters. The van der Waals surface area contributed by atoms with Crippen molar-refractivity contribution in [2.75, 3.05) is 31.2 Å². The molecule has 202 valence electrons.